The number of hydrogen-bond acceptors (Lipinski definition) is 3. The first-order chi connectivity index (χ1) is 9.16. The van der Waals surface area contributed by atoms with E-state index >= 15 is 0 Å². The van der Waals surface area contributed by atoms with Crippen LogP contribution in [-0.2, 0) is 11.3 Å². The maximum atomic E-state index is 13.7. The summed E-state index contributed by atoms with van der Waals surface area (Å²) in [6.07, 6.45) is 0. The molecule has 1 aliphatic rings. The van der Waals surface area contributed by atoms with Gasteiger partial charge in [-0.05, 0) is 13.0 Å². The van der Waals surface area contributed by atoms with E-state index in [-0.39, 0.29) is 10.8 Å². The molecule has 0 aliphatic carbocycles. The minimum atomic E-state index is -0.324. The molecule has 1 atom stereocenters. The van der Waals surface area contributed by atoms with Crippen LogP contribution in [0.1, 0.15) is 12.5 Å². The standard InChI is InChI=1S/C14H20ClFN2O/c1-11(10-18-5-7-19-8-6-18)17-9-12-3-2-4-13(15)14(12)16/h2-4,11,17H,5-10H2,1H3. The molecule has 1 heterocycles. The van der Waals surface area contributed by atoms with Crippen LogP contribution in [-0.4, -0.2) is 43.8 Å². The van der Waals surface area contributed by atoms with E-state index in [4.69, 9.17) is 16.3 Å². The van der Waals surface area contributed by atoms with E-state index in [2.05, 4.69) is 17.1 Å². The second-order valence-electron chi connectivity index (χ2n) is 4.91. The smallest absolute Gasteiger partial charge is 0.146 e. The van der Waals surface area contributed by atoms with Gasteiger partial charge in [-0.1, -0.05) is 23.7 Å². The molecule has 5 heteroatoms. The van der Waals surface area contributed by atoms with E-state index in [1.807, 2.05) is 0 Å². The molecule has 0 amide bonds. The van der Waals surface area contributed by atoms with E-state index < -0.39 is 0 Å². The first-order valence-electron chi connectivity index (χ1n) is 6.63. The topological polar surface area (TPSA) is 24.5 Å². The summed E-state index contributed by atoms with van der Waals surface area (Å²) in [5.41, 5.74) is 0.612. The van der Waals surface area contributed by atoms with Crippen molar-refractivity contribution in [3.05, 3.63) is 34.6 Å². The zero-order valence-corrected chi connectivity index (χ0v) is 11.9. The molecule has 1 saturated heterocycles. The average molecular weight is 287 g/mol. The SMILES string of the molecule is CC(CN1CCOCC1)NCc1cccc(Cl)c1F. The van der Waals surface area contributed by atoms with Crippen LogP contribution < -0.4 is 5.32 Å². The van der Waals surface area contributed by atoms with Gasteiger partial charge < -0.3 is 10.1 Å². The number of nitrogens with zero attached hydrogens (tertiary/aromatic N) is 1. The third-order valence-electron chi connectivity index (χ3n) is 3.31. The highest BCUT2D eigenvalue weighted by Gasteiger charge is 2.14. The zero-order valence-electron chi connectivity index (χ0n) is 11.2. The summed E-state index contributed by atoms with van der Waals surface area (Å²) in [6.45, 7) is 7.10. The molecule has 1 aromatic carbocycles. The van der Waals surface area contributed by atoms with Gasteiger partial charge in [-0.15, -0.1) is 0 Å². The molecular formula is C14H20ClFN2O. The van der Waals surface area contributed by atoms with Crippen molar-refractivity contribution in [2.24, 2.45) is 0 Å². The molecule has 0 bridgehead atoms. The van der Waals surface area contributed by atoms with Crippen molar-refractivity contribution in [1.29, 1.82) is 0 Å². The third kappa shape index (κ3) is 4.42. The molecule has 1 aromatic rings. The van der Waals surface area contributed by atoms with Crippen molar-refractivity contribution < 1.29 is 9.13 Å². The maximum absolute atomic E-state index is 13.7. The van der Waals surface area contributed by atoms with Crippen LogP contribution in [0.5, 0.6) is 0 Å². The van der Waals surface area contributed by atoms with Crippen LogP contribution in [0, 0.1) is 5.82 Å². The molecule has 1 fully saturated rings. The van der Waals surface area contributed by atoms with Crippen molar-refractivity contribution in [1.82, 2.24) is 10.2 Å². The fourth-order valence-corrected chi connectivity index (χ4v) is 2.40. The van der Waals surface area contributed by atoms with Crippen LogP contribution in [0.2, 0.25) is 5.02 Å². The van der Waals surface area contributed by atoms with E-state index in [0.29, 0.717) is 18.2 Å². The Hall–Kier alpha value is -0.680. The monoisotopic (exact) mass is 286 g/mol. The van der Waals surface area contributed by atoms with Gasteiger partial charge >= 0.3 is 0 Å². The minimum Gasteiger partial charge on any atom is -0.379 e. The van der Waals surface area contributed by atoms with Crippen LogP contribution in [0.15, 0.2) is 18.2 Å². The van der Waals surface area contributed by atoms with Crippen molar-refractivity contribution in [2.45, 2.75) is 19.5 Å². The summed E-state index contributed by atoms with van der Waals surface area (Å²) in [7, 11) is 0. The second-order valence-corrected chi connectivity index (χ2v) is 5.32. The van der Waals surface area contributed by atoms with Gasteiger partial charge in [0.1, 0.15) is 5.82 Å². The summed E-state index contributed by atoms with van der Waals surface area (Å²) < 4.78 is 19.0. The first kappa shape index (κ1) is 14.7. The molecule has 0 spiro atoms. The normalized spacial score (nSPS) is 18.5. The van der Waals surface area contributed by atoms with E-state index in [1.165, 1.54) is 0 Å². The molecule has 1 unspecified atom stereocenters. The molecule has 2 rings (SSSR count). The highest BCUT2D eigenvalue weighted by atomic mass is 35.5. The summed E-state index contributed by atoms with van der Waals surface area (Å²) >= 11 is 5.76. The largest absolute Gasteiger partial charge is 0.379 e. The summed E-state index contributed by atoms with van der Waals surface area (Å²) in [5, 5.41) is 3.51. The number of nitrogens with one attached hydrogen (secondary N) is 1. The highest BCUT2D eigenvalue weighted by Crippen LogP contribution is 2.17. The molecule has 1 N–H and O–H groups in total. The summed E-state index contributed by atoms with van der Waals surface area (Å²) in [6, 6.07) is 5.40. The second kappa shape index (κ2) is 7.20. The van der Waals surface area contributed by atoms with Gasteiger partial charge in [0, 0.05) is 37.8 Å². The van der Waals surface area contributed by atoms with Crippen molar-refractivity contribution in [2.75, 3.05) is 32.8 Å². The predicted octanol–water partition coefficient (Wildman–Crippen LogP) is 2.29. The summed E-state index contributed by atoms with van der Waals surface area (Å²) in [4.78, 5) is 2.36. The number of rotatable bonds is 5. The average Bonchev–Trinajstić information content (AvgIpc) is 2.42. The third-order valence-corrected chi connectivity index (χ3v) is 3.60. The Morgan fingerprint density at radius 1 is 1.42 bits per heavy atom. The van der Waals surface area contributed by atoms with Gasteiger partial charge in [0.15, 0.2) is 0 Å². The zero-order chi connectivity index (χ0) is 13.7. The molecular weight excluding hydrogens is 267 g/mol. The molecule has 0 aromatic heterocycles. The van der Waals surface area contributed by atoms with E-state index in [0.717, 1.165) is 32.8 Å². The van der Waals surface area contributed by atoms with Crippen molar-refractivity contribution in [3.63, 3.8) is 0 Å². The quantitative estimate of drug-likeness (QED) is 0.899. The van der Waals surface area contributed by atoms with Crippen LogP contribution in [0.25, 0.3) is 0 Å². The molecule has 106 valence electrons. The van der Waals surface area contributed by atoms with Gasteiger partial charge in [-0.25, -0.2) is 4.39 Å². The molecule has 0 radical (unpaired) electrons. The highest BCUT2D eigenvalue weighted by molar-refractivity contribution is 6.30. The Morgan fingerprint density at radius 3 is 2.89 bits per heavy atom. The van der Waals surface area contributed by atoms with Crippen molar-refractivity contribution in [3.8, 4) is 0 Å². The predicted molar refractivity (Wildman–Crippen MR) is 75.0 cm³/mol. The lowest BCUT2D eigenvalue weighted by molar-refractivity contribution is 0.0343. The van der Waals surface area contributed by atoms with Gasteiger partial charge in [0.25, 0.3) is 0 Å². The Balaban J connectivity index is 1.79. The fourth-order valence-electron chi connectivity index (χ4n) is 2.20. The first-order valence-corrected chi connectivity index (χ1v) is 7.01. The molecule has 19 heavy (non-hydrogen) atoms. The van der Waals surface area contributed by atoms with Gasteiger partial charge in [-0.3, -0.25) is 4.90 Å². The number of ether oxygens (including phenoxy) is 1. The van der Waals surface area contributed by atoms with Crippen LogP contribution in [0.4, 0.5) is 4.39 Å². The Labute approximate surface area is 118 Å². The Bertz CT molecular complexity index is 410. The summed E-state index contributed by atoms with van der Waals surface area (Å²) in [5.74, 6) is -0.324. The maximum Gasteiger partial charge on any atom is 0.146 e. The van der Waals surface area contributed by atoms with E-state index in [1.54, 1.807) is 18.2 Å². The van der Waals surface area contributed by atoms with Crippen molar-refractivity contribution >= 4 is 11.6 Å². The fraction of sp³-hybridized carbons (Fsp3) is 0.571. The Morgan fingerprint density at radius 2 is 2.16 bits per heavy atom. The Kier molecular flexibility index (Phi) is 5.58. The van der Waals surface area contributed by atoms with E-state index in [9.17, 15) is 4.39 Å². The van der Waals surface area contributed by atoms with Gasteiger partial charge in [-0.2, -0.15) is 0 Å². The minimum absolute atomic E-state index is 0.181. The number of hydrogen-bond donors (Lipinski definition) is 1. The lowest BCUT2D eigenvalue weighted by Crippen LogP contribution is -2.44. The number of morpholine rings is 1. The van der Waals surface area contributed by atoms with Gasteiger partial charge in [0.2, 0.25) is 0 Å². The van der Waals surface area contributed by atoms with Crippen LogP contribution in [0.3, 0.4) is 0 Å². The number of halogens is 2. The lowest BCUT2D eigenvalue weighted by Gasteiger charge is -2.29. The molecule has 0 saturated carbocycles. The van der Waals surface area contributed by atoms with Gasteiger partial charge in [0.05, 0.1) is 18.2 Å². The molecule has 1 aliphatic heterocycles. The lowest BCUT2D eigenvalue weighted by atomic mass is 10.2. The number of benzene rings is 1. The van der Waals surface area contributed by atoms with Crippen LogP contribution >= 0.6 is 11.6 Å². The molecule has 3 nitrogen and oxygen atoms in total.